The number of furan rings is 1. The maximum atomic E-state index is 14.2. The van der Waals surface area contributed by atoms with Crippen molar-refractivity contribution in [2.24, 2.45) is 5.92 Å². The van der Waals surface area contributed by atoms with E-state index in [1.807, 2.05) is 19.9 Å². The SMILES string of the molecule is COc1ccc2oc(C(=O)NC(CC(C)C)C(=O)N([C@H]3CCCNCC3=O)S(=O)(=O)c3ccccc3C#N)cc2c1. The molecule has 2 heterocycles. The van der Waals surface area contributed by atoms with Crippen molar-refractivity contribution in [3.63, 3.8) is 0 Å². The van der Waals surface area contributed by atoms with E-state index in [4.69, 9.17) is 9.15 Å². The van der Waals surface area contributed by atoms with Gasteiger partial charge in [0, 0.05) is 5.39 Å². The van der Waals surface area contributed by atoms with Gasteiger partial charge in [-0.3, -0.25) is 14.4 Å². The number of hydrogen-bond acceptors (Lipinski definition) is 9. The lowest BCUT2D eigenvalue weighted by Gasteiger charge is -2.33. The number of nitrogens with one attached hydrogen (secondary N) is 2. The van der Waals surface area contributed by atoms with Crippen LogP contribution in [0.1, 0.15) is 49.2 Å². The van der Waals surface area contributed by atoms with Crippen LogP contribution in [0.2, 0.25) is 0 Å². The average Bonchev–Trinajstić information content (AvgIpc) is 3.28. The monoisotopic (exact) mass is 580 g/mol. The number of nitrogens with zero attached hydrogens (tertiary/aromatic N) is 2. The number of Topliss-reactive ketones (excluding diaryl/α,β-unsaturated/α-hetero) is 1. The Labute approximate surface area is 238 Å². The molecule has 0 aliphatic carbocycles. The highest BCUT2D eigenvalue weighted by atomic mass is 32.2. The van der Waals surface area contributed by atoms with E-state index < -0.39 is 39.7 Å². The number of ketones is 1. The molecular weight excluding hydrogens is 548 g/mol. The highest BCUT2D eigenvalue weighted by Gasteiger charge is 2.43. The van der Waals surface area contributed by atoms with Gasteiger partial charge in [0.2, 0.25) is 0 Å². The number of sulfonamides is 1. The maximum absolute atomic E-state index is 14.2. The highest BCUT2D eigenvalue weighted by molar-refractivity contribution is 7.89. The van der Waals surface area contributed by atoms with Crippen LogP contribution in [0.4, 0.5) is 0 Å². The molecule has 41 heavy (non-hydrogen) atoms. The van der Waals surface area contributed by atoms with Gasteiger partial charge in [0.05, 0.1) is 19.2 Å². The predicted molar refractivity (Wildman–Crippen MR) is 150 cm³/mol. The van der Waals surface area contributed by atoms with Crippen LogP contribution in [-0.2, 0) is 19.6 Å². The van der Waals surface area contributed by atoms with Crippen LogP contribution in [-0.4, -0.2) is 62.6 Å². The molecule has 1 aliphatic heterocycles. The first-order valence-corrected chi connectivity index (χ1v) is 14.7. The van der Waals surface area contributed by atoms with E-state index in [0.29, 0.717) is 34.0 Å². The van der Waals surface area contributed by atoms with Crippen LogP contribution >= 0.6 is 0 Å². The van der Waals surface area contributed by atoms with Gasteiger partial charge in [0.1, 0.15) is 34.4 Å². The number of ether oxygens (including phenoxy) is 1. The molecule has 0 saturated carbocycles. The van der Waals surface area contributed by atoms with E-state index in [1.165, 1.54) is 37.4 Å². The molecule has 216 valence electrons. The van der Waals surface area contributed by atoms with Crippen molar-refractivity contribution >= 4 is 38.6 Å². The summed E-state index contributed by atoms with van der Waals surface area (Å²) in [5.41, 5.74) is 0.267. The molecule has 1 aliphatic rings. The minimum Gasteiger partial charge on any atom is -0.497 e. The second kappa shape index (κ2) is 12.5. The van der Waals surface area contributed by atoms with Crippen LogP contribution in [0, 0.1) is 17.2 Å². The van der Waals surface area contributed by atoms with Gasteiger partial charge in [-0.15, -0.1) is 0 Å². The normalized spacial score (nSPS) is 16.6. The fourth-order valence-electron chi connectivity index (χ4n) is 4.82. The molecule has 1 aromatic heterocycles. The molecule has 0 spiro atoms. The lowest BCUT2D eigenvalue weighted by molar-refractivity contribution is -0.135. The Morgan fingerprint density at radius 3 is 2.68 bits per heavy atom. The summed E-state index contributed by atoms with van der Waals surface area (Å²) in [5, 5.41) is 15.8. The minimum atomic E-state index is -4.68. The maximum Gasteiger partial charge on any atom is 0.287 e. The fraction of sp³-hybridized carbons (Fsp3) is 0.379. The molecule has 1 fully saturated rings. The van der Waals surface area contributed by atoms with Crippen LogP contribution in [0.5, 0.6) is 5.75 Å². The standard InChI is InChI=1S/C29H32N4O7S/c1-18(2)13-22(32-28(35)26-15-20-14-21(39-3)10-11-25(20)40-26)29(36)33(23-8-6-12-31-17-24(23)34)41(37,38)27-9-5-4-7-19(27)16-30/h4-5,7,9-11,14-15,18,22-23,31H,6,8,12-13,17H2,1-3H3,(H,32,35)/t22?,23-/m0/s1. The summed E-state index contributed by atoms with van der Waals surface area (Å²) in [6.45, 7) is 4.00. The number of carbonyl (C=O) groups excluding carboxylic acids is 3. The Morgan fingerprint density at radius 2 is 1.98 bits per heavy atom. The molecule has 2 amide bonds. The van der Waals surface area contributed by atoms with Crippen LogP contribution in [0.25, 0.3) is 11.0 Å². The second-order valence-corrected chi connectivity index (χ2v) is 12.0. The summed E-state index contributed by atoms with van der Waals surface area (Å²) >= 11 is 0. The molecule has 2 atom stereocenters. The van der Waals surface area contributed by atoms with Gasteiger partial charge in [-0.25, -0.2) is 12.7 Å². The van der Waals surface area contributed by atoms with Gasteiger partial charge in [0.25, 0.3) is 21.8 Å². The van der Waals surface area contributed by atoms with Crippen molar-refractivity contribution in [2.45, 2.75) is 50.1 Å². The van der Waals surface area contributed by atoms with E-state index in [-0.39, 0.29) is 41.5 Å². The van der Waals surface area contributed by atoms with Crippen LogP contribution in [0.15, 0.2) is 57.8 Å². The number of carbonyl (C=O) groups is 3. The Morgan fingerprint density at radius 1 is 1.22 bits per heavy atom. The molecule has 0 radical (unpaired) electrons. The number of methoxy groups -OCH3 is 1. The molecule has 0 bridgehead atoms. The number of amides is 2. The largest absolute Gasteiger partial charge is 0.497 e. The third-order valence-corrected chi connectivity index (χ3v) is 8.67. The number of nitriles is 1. The van der Waals surface area contributed by atoms with Gasteiger partial charge in [-0.05, 0) is 68.1 Å². The third-order valence-electron chi connectivity index (χ3n) is 6.80. The summed E-state index contributed by atoms with van der Waals surface area (Å²) < 4.78 is 39.6. The van der Waals surface area contributed by atoms with Gasteiger partial charge >= 0.3 is 0 Å². The molecule has 4 rings (SSSR count). The number of benzene rings is 2. The smallest absolute Gasteiger partial charge is 0.287 e. The molecule has 11 nitrogen and oxygen atoms in total. The van der Waals surface area contributed by atoms with Gasteiger partial charge in [-0.2, -0.15) is 5.26 Å². The highest BCUT2D eigenvalue weighted by Crippen LogP contribution is 2.28. The number of hydrogen-bond donors (Lipinski definition) is 2. The topological polar surface area (TPSA) is 159 Å². The summed E-state index contributed by atoms with van der Waals surface area (Å²) in [7, 11) is -3.16. The third kappa shape index (κ3) is 6.42. The predicted octanol–water partition coefficient (Wildman–Crippen LogP) is 3.00. The quantitative estimate of drug-likeness (QED) is 0.388. The molecule has 2 N–H and O–H groups in total. The molecule has 1 saturated heterocycles. The Bertz CT molecular complexity index is 1610. The van der Waals surface area contributed by atoms with E-state index in [1.54, 1.807) is 18.2 Å². The van der Waals surface area contributed by atoms with Crippen LogP contribution < -0.4 is 15.4 Å². The van der Waals surface area contributed by atoms with Gasteiger partial charge < -0.3 is 19.8 Å². The Balaban J connectivity index is 1.75. The van der Waals surface area contributed by atoms with E-state index in [0.717, 1.165) is 0 Å². The summed E-state index contributed by atoms with van der Waals surface area (Å²) in [6.07, 6.45) is 0.627. The first-order chi connectivity index (χ1) is 19.6. The lowest BCUT2D eigenvalue weighted by atomic mass is 10.0. The van der Waals surface area contributed by atoms with Crippen molar-refractivity contribution in [3.05, 3.63) is 59.9 Å². The van der Waals surface area contributed by atoms with Crippen molar-refractivity contribution in [2.75, 3.05) is 20.2 Å². The minimum absolute atomic E-state index is 0.0752. The second-order valence-electron chi connectivity index (χ2n) is 10.2. The van der Waals surface area contributed by atoms with Crippen LogP contribution in [0.3, 0.4) is 0 Å². The van der Waals surface area contributed by atoms with Crippen molar-refractivity contribution in [3.8, 4) is 11.8 Å². The Hall–Kier alpha value is -4.21. The first kappa shape index (κ1) is 29.8. The molecular formula is C29H32N4O7S. The summed E-state index contributed by atoms with van der Waals surface area (Å²) in [6, 6.07) is 11.3. The van der Waals surface area contributed by atoms with Crippen molar-refractivity contribution in [1.82, 2.24) is 14.9 Å². The summed E-state index contributed by atoms with van der Waals surface area (Å²) in [5.74, 6) is -1.80. The Kier molecular flexibility index (Phi) is 9.10. The van der Waals surface area contributed by atoms with Gasteiger partial charge in [0.15, 0.2) is 11.5 Å². The van der Waals surface area contributed by atoms with E-state index in [2.05, 4.69) is 10.6 Å². The number of rotatable bonds is 9. The molecule has 12 heteroatoms. The zero-order valence-corrected chi connectivity index (χ0v) is 23.9. The molecule has 2 aromatic carbocycles. The molecule has 3 aromatic rings. The van der Waals surface area contributed by atoms with Crippen molar-refractivity contribution < 1.29 is 32.0 Å². The van der Waals surface area contributed by atoms with E-state index in [9.17, 15) is 28.1 Å². The zero-order valence-electron chi connectivity index (χ0n) is 23.0. The van der Waals surface area contributed by atoms with Gasteiger partial charge in [-0.1, -0.05) is 26.0 Å². The van der Waals surface area contributed by atoms with E-state index >= 15 is 0 Å². The number of fused-ring (bicyclic) bond motifs is 1. The first-order valence-electron chi connectivity index (χ1n) is 13.3. The fourth-order valence-corrected chi connectivity index (χ4v) is 6.60. The van der Waals surface area contributed by atoms with Crippen molar-refractivity contribution in [1.29, 1.82) is 5.26 Å². The lowest BCUT2D eigenvalue weighted by Crippen LogP contribution is -2.56. The summed E-state index contributed by atoms with van der Waals surface area (Å²) in [4.78, 5) is 40.3. The molecule has 1 unspecified atom stereocenters. The average molecular weight is 581 g/mol. The zero-order chi connectivity index (χ0) is 29.7.